The number of rotatable bonds is 7. The molecule has 2 saturated heterocycles. The molecule has 3 rings (SSSR count). The van der Waals surface area contributed by atoms with Gasteiger partial charge in [-0.05, 0) is 36.4 Å². The lowest BCUT2D eigenvalue weighted by Crippen LogP contribution is -2.26. The van der Waals surface area contributed by atoms with E-state index in [2.05, 4.69) is 36.2 Å². The molecule has 0 atom stereocenters. The van der Waals surface area contributed by atoms with E-state index in [0.29, 0.717) is 37.6 Å². The lowest BCUT2D eigenvalue weighted by molar-refractivity contribution is -0.183. The lowest BCUT2D eigenvalue weighted by Gasteiger charge is -2.23. The van der Waals surface area contributed by atoms with Crippen molar-refractivity contribution in [3.05, 3.63) is 39.2 Å². The third kappa shape index (κ3) is 6.66. The van der Waals surface area contributed by atoms with E-state index in [1.54, 1.807) is 0 Å². The molecule has 0 aromatic heterocycles. The summed E-state index contributed by atoms with van der Waals surface area (Å²) in [4.78, 5) is 23.3. The molecule has 0 bridgehead atoms. The third-order valence-corrected chi connectivity index (χ3v) is 5.32. The smallest absolute Gasteiger partial charge is 0.331 e. The SMILES string of the molecule is COC(=O)/C=C1/S/C(=N\N=Cc2cc(Br)ccc2OCCC2OCCCO2)NC1=O. The number of nitrogens with one attached hydrogen (secondary N) is 1. The van der Waals surface area contributed by atoms with Crippen LogP contribution in [-0.4, -0.2) is 56.5 Å². The first-order valence-electron chi connectivity index (χ1n) is 9.10. The number of methoxy groups -OCH3 is 1. The first-order valence-corrected chi connectivity index (χ1v) is 10.7. The predicted octanol–water partition coefficient (Wildman–Crippen LogP) is 2.59. The summed E-state index contributed by atoms with van der Waals surface area (Å²) < 4.78 is 22.2. The average Bonchev–Trinajstić information content (AvgIpc) is 3.09. The van der Waals surface area contributed by atoms with Crippen LogP contribution in [0.25, 0.3) is 0 Å². The summed E-state index contributed by atoms with van der Waals surface area (Å²) in [7, 11) is 1.24. The molecule has 1 aromatic rings. The summed E-state index contributed by atoms with van der Waals surface area (Å²) in [5.41, 5.74) is 0.707. The van der Waals surface area contributed by atoms with Crippen LogP contribution in [0, 0.1) is 0 Å². The number of halogens is 1. The molecule has 0 unspecified atom stereocenters. The number of hydrogen-bond donors (Lipinski definition) is 1. The lowest BCUT2D eigenvalue weighted by atomic mass is 10.2. The van der Waals surface area contributed by atoms with Crippen LogP contribution in [0.2, 0.25) is 0 Å². The van der Waals surface area contributed by atoms with E-state index in [-0.39, 0.29) is 16.4 Å². The molecule has 9 nitrogen and oxygen atoms in total. The van der Waals surface area contributed by atoms with Crippen molar-refractivity contribution in [3.63, 3.8) is 0 Å². The van der Waals surface area contributed by atoms with Crippen LogP contribution >= 0.6 is 27.7 Å². The molecule has 2 aliphatic heterocycles. The van der Waals surface area contributed by atoms with Gasteiger partial charge < -0.3 is 18.9 Å². The summed E-state index contributed by atoms with van der Waals surface area (Å²) in [6, 6.07) is 5.53. The summed E-state index contributed by atoms with van der Waals surface area (Å²) in [5.74, 6) is -0.414. The fraction of sp³-hybridized carbons (Fsp3) is 0.368. The number of nitrogens with zero attached hydrogens (tertiary/aromatic N) is 2. The van der Waals surface area contributed by atoms with E-state index < -0.39 is 11.9 Å². The number of carbonyl (C=O) groups excluding carboxylic acids is 2. The number of amidine groups is 1. The Bertz CT molecular complexity index is 883. The second-order valence-corrected chi connectivity index (χ2v) is 8.03. The maximum atomic E-state index is 11.8. The molecule has 1 aromatic carbocycles. The van der Waals surface area contributed by atoms with E-state index in [1.807, 2.05) is 18.2 Å². The van der Waals surface area contributed by atoms with Gasteiger partial charge in [0.2, 0.25) is 0 Å². The molecular weight excluding hydrogens is 478 g/mol. The van der Waals surface area contributed by atoms with Crippen molar-refractivity contribution in [1.29, 1.82) is 0 Å². The minimum Gasteiger partial charge on any atom is -0.493 e. The van der Waals surface area contributed by atoms with Crippen LogP contribution in [0.3, 0.4) is 0 Å². The number of hydrogen-bond acceptors (Lipinski definition) is 9. The van der Waals surface area contributed by atoms with E-state index in [0.717, 1.165) is 28.7 Å². The first kappa shape index (κ1) is 22.5. The zero-order chi connectivity index (χ0) is 21.3. The second kappa shape index (κ2) is 11.3. The van der Waals surface area contributed by atoms with Crippen molar-refractivity contribution >= 4 is 51.0 Å². The Labute approximate surface area is 186 Å². The maximum Gasteiger partial charge on any atom is 0.331 e. The first-order chi connectivity index (χ1) is 14.5. The number of carbonyl (C=O) groups is 2. The molecule has 2 fully saturated rings. The minimum absolute atomic E-state index is 0.189. The van der Waals surface area contributed by atoms with Crippen molar-refractivity contribution in [2.75, 3.05) is 26.9 Å². The molecule has 0 radical (unpaired) electrons. The molecular formula is C19H20BrN3O6S. The fourth-order valence-corrected chi connectivity index (χ4v) is 3.62. The monoisotopic (exact) mass is 497 g/mol. The Morgan fingerprint density at radius 3 is 2.97 bits per heavy atom. The largest absolute Gasteiger partial charge is 0.493 e. The van der Waals surface area contributed by atoms with Crippen LogP contribution in [0.5, 0.6) is 5.75 Å². The number of ether oxygens (including phenoxy) is 4. The van der Waals surface area contributed by atoms with Gasteiger partial charge in [-0.3, -0.25) is 10.1 Å². The van der Waals surface area contributed by atoms with E-state index >= 15 is 0 Å². The van der Waals surface area contributed by atoms with Crippen molar-refractivity contribution in [2.45, 2.75) is 19.1 Å². The van der Waals surface area contributed by atoms with Gasteiger partial charge in [-0.2, -0.15) is 5.10 Å². The van der Waals surface area contributed by atoms with Gasteiger partial charge in [-0.15, -0.1) is 5.10 Å². The Morgan fingerprint density at radius 2 is 2.20 bits per heavy atom. The van der Waals surface area contributed by atoms with Gasteiger partial charge in [0.25, 0.3) is 5.91 Å². The molecule has 1 N–H and O–H groups in total. The molecule has 2 aliphatic rings. The zero-order valence-corrected chi connectivity index (χ0v) is 18.5. The molecule has 11 heteroatoms. The Hall–Kier alpha value is -2.21. The highest BCUT2D eigenvalue weighted by molar-refractivity contribution is 9.10. The van der Waals surface area contributed by atoms with Crippen LogP contribution in [0.4, 0.5) is 0 Å². The Balaban J connectivity index is 1.61. The summed E-state index contributed by atoms with van der Waals surface area (Å²) in [6.07, 6.45) is 3.91. The van der Waals surface area contributed by atoms with Gasteiger partial charge in [-0.25, -0.2) is 4.79 Å². The Kier molecular flexibility index (Phi) is 8.43. The summed E-state index contributed by atoms with van der Waals surface area (Å²) in [5, 5.41) is 10.8. The third-order valence-electron chi connectivity index (χ3n) is 3.93. The molecule has 1 amide bonds. The summed E-state index contributed by atoms with van der Waals surface area (Å²) in [6.45, 7) is 1.83. The van der Waals surface area contributed by atoms with Gasteiger partial charge >= 0.3 is 5.97 Å². The number of thioether (sulfide) groups is 1. The quantitative estimate of drug-likeness (QED) is 0.267. The van der Waals surface area contributed by atoms with Crippen LogP contribution < -0.4 is 10.1 Å². The predicted molar refractivity (Wildman–Crippen MR) is 115 cm³/mol. The topological polar surface area (TPSA) is 108 Å². The van der Waals surface area contributed by atoms with Gasteiger partial charge in [0.05, 0.1) is 38.1 Å². The number of benzene rings is 1. The van der Waals surface area contributed by atoms with Crippen molar-refractivity contribution < 1.29 is 28.5 Å². The van der Waals surface area contributed by atoms with E-state index in [4.69, 9.17) is 14.2 Å². The van der Waals surface area contributed by atoms with E-state index in [1.165, 1.54) is 13.3 Å². The average molecular weight is 498 g/mol. The highest BCUT2D eigenvalue weighted by atomic mass is 79.9. The van der Waals surface area contributed by atoms with Gasteiger partial charge in [-0.1, -0.05) is 15.9 Å². The Morgan fingerprint density at radius 1 is 1.40 bits per heavy atom. The van der Waals surface area contributed by atoms with Crippen molar-refractivity contribution in [2.24, 2.45) is 10.2 Å². The van der Waals surface area contributed by atoms with Crippen LogP contribution in [0.15, 0.2) is 43.9 Å². The fourth-order valence-electron chi connectivity index (χ4n) is 2.50. The molecule has 2 heterocycles. The highest BCUT2D eigenvalue weighted by Crippen LogP contribution is 2.24. The normalized spacial score (nSPS) is 20.1. The highest BCUT2D eigenvalue weighted by Gasteiger charge is 2.25. The van der Waals surface area contributed by atoms with Gasteiger partial charge in [0, 0.05) is 22.5 Å². The molecule has 0 spiro atoms. The van der Waals surface area contributed by atoms with Gasteiger partial charge in [0.15, 0.2) is 11.5 Å². The van der Waals surface area contributed by atoms with Crippen LogP contribution in [-0.2, 0) is 23.8 Å². The maximum absolute atomic E-state index is 11.8. The van der Waals surface area contributed by atoms with Crippen molar-refractivity contribution in [3.8, 4) is 5.75 Å². The molecule has 160 valence electrons. The molecule has 0 saturated carbocycles. The van der Waals surface area contributed by atoms with Crippen molar-refractivity contribution in [1.82, 2.24) is 5.32 Å². The zero-order valence-electron chi connectivity index (χ0n) is 16.1. The molecule has 0 aliphatic carbocycles. The van der Waals surface area contributed by atoms with Gasteiger partial charge in [0.1, 0.15) is 5.75 Å². The summed E-state index contributed by atoms with van der Waals surface area (Å²) >= 11 is 4.43. The number of amides is 1. The van der Waals surface area contributed by atoms with Crippen LogP contribution in [0.1, 0.15) is 18.4 Å². The minimum atomic E-state index is -0.614. The van der Waals surface area contributed by atoms with E-state index in [9.17, 15) is 9.59 Å². The second-order valence-electron chi connectivity index (χ2n) is 6.08. The standard InChI is InChI=1S/C19H20BrN3O6S/c1-26-16(24)10-15-18(25)22-19(30-15)23-21-11-12-9-13(20)3-4-14(12)27-8-5-17-28-6-2-7-29-17/h3-4,9-11,17H,2,5-8H2,1H3,(H,22,23,25)/b15-10+,21-11?. The number of esters is 1. The molecule has 30 heavy (non-hydrogen) atoms.